The van der Waals surface area contributed by atoms with Gasteiger partial charge in [-0.1, -0.05) is 18.1 Å². The highest BCUT2D eigenvalue weighted by molar-refractivity contribution is 5.74. The molecule has 1 aromatic carbocycles. The number of aromatic nitrogens is 6. The minimum Gasteiger partial charge on any atom is -0.507 e. The summed E-state index contributed by atoms with van der Waals surface area (Å²) < 4.78 is 1.98. The molecule has 4 aromatic rings. The molecule has 1 aliphatic heterocycles. The number of hydrogen-bond donors (Lipinski definition) is 2. The molecule has 1 aliphatic rings. The summed E-state index contributed by atoms with van der Waals surface area (Å²) >= 11 is 0. The summed E-state index contributed by atoms with van der Waals surface area (Å²) in [6.07, 6.45) is 6.33. The van der Waals surface area contributed by atoms with Crippen LogP contribution in [-0.2, 0) is 6.54 Å². The van der Waals surface area contributed by atoms with Gasteiger partial charge in [-0.2, -0.15) is 0 Å². The second kappa shape index (κ2) is 10.5. The third-order valence-corrected chi connectivity index (χ3v) is 6.59. The third kappa shape index (κ3) is 5.30. The van der Waals surface area contributed by atoms with Crippen molar-refractivity contribution >= 4 is 17.3 Å². The van der Waals surface area contributed by atoms with Crippen LogP contribution < -0.4 is 15.5 Å². The van der Waals surface area contributed by atoms with Crippen LogP contribution in [0.15, 0.2) is 55.0 Å². The molecule has 0 bridgehead atoms. The molecule has 10 nitrogen and oxygen atoms in total. The lowest BCUT2D eigenvalue weighted by atomic mass is 10.1. The fraction of sp³-hybridized carbons (Fsp3) is 0.296. The maximum Gasteiger partial charge on any atom is 0.206 e. The lowest BCUT2D eigenvalue weighted by Crippen LogP contribution is -2.35. The van der Waals surface area contributed by atoms with Gasteiger partial charge in [-0.15, -0.1) is 10.2 Å². The van der Waals surface area contributed by atoms with Crippen LogP contribution in [0.1, 0.15) is 25.0 Å². The highest BCUT2D eigenvalue weighted by Crippen LogP contribution is 2.32. The van der Waals surface area contributed by atoms with Gasteiger partial charge in [-0.25, -0.2) is 15.0 Å². The summed E-state index contributed by atoms with van der Waals surface area (Å²) in [6, 6.07) is 11.2. The van der Waals surface area contributed by atoms with Crippen molar-refractivity contribution in [1.82, 2.24) is 29.7 Å². The Hall–Kier alpha value is -4.65. The Morgan fingerprint density at radius 3 is 2.76 bits per heavy atom. The smallest absolute Gasteiger partial charge is 0.206 e. The van der Waals surface area contributed by atoms with Gasteiger partial charge in [-0.3, -0.25) is 0 Å². The van der Waals surface area contributed by atoms with E-state index in [9.17, 15) is 5.11 Å². The number of phenols is 1. The van der Waals surface area contributed by atoms with Crippen LogP contribution in [0.4, 0.5) is 17.3 Å². The standard InChI is InChI=1S/C27H29N9O/c1-19-10-14-35(23-18-22(32-33-27(23)28)21-6-3-4-7-24(21)37)16-17-36(19)26-9-11-30-25(31-26)8-5-13-34-15-12-29-20(34)2/h3-4,6-7,9,11-12,15,18-19,37H,10,13-14,16-17H2,1-2H3,(H2,28,33)/t19-/m0/s1. The second-order valence-corrected chi connectivity index (χ2v) is 8.98. The van der Waals surface area contributed by atoms with Crippen LogP contribution in [0, 0.1) is 18.8 Å². The van der Waals surface area contributed by atoms with E-state index in [-0.39, 0.29) is 11.8 Å². The number of para-hydroxylation sites is 1. The van der Waals surface area contributed by atoms with Crippen LogP contribution >= 0.6 is 0 Å². The maximum atomic E-state index is 10.3. The average Bonchev–Trinajstić information content (AvgIpc) is 3.21. The van der Waals surface area contributed by atoms with Crippen molar-refractivity contribution in [3.05, 3.63) is 66.6 Å². The van der Waals surface area contributed by atoms with Crippen LogP contribution in [0.5, 0.6) is 5.75 Å². The fourth-order valence-corrected chi connectivity index (χ4v) is 4.45. The minimum atomic E-state index is 0.158. The van der Waals surface area contributed by atoms with Crippen LogP contribution in [0.2, 0.25) is 0 Å². The quantitative estimate of drug-likeness (QED) is 0.412. The van der Waals surface area contributed by atoms with E-state index in [1.165, 1.54) is 0 Å². The second-order valence-electron chi connectivity index (χ2n) is 8.98. The molecule has 0 radical (unpaired) electrons. The first kappa shape index (κ1) is 24.1. The van der Waals surface area contributed by atoms with Crippen molar-refractivity contribution in [2.24, 2.45) is 0 Å². The minimum absolute atomic E-state index is 0.158. The van der Waals surface area contributed by atoms with Crippen molar-refractivity contribution in [3.8, 4) is 28.8 Å². The first-order chi connectivity index (χ1) is 18.0. The molecule has 0 aliphatic carbocycles. The van der Waals surface area contributed by atoms with Gasteiger partial charge in [0.2, 0.25) is 5.82 Å². The first-order valence-electron chi connectivity index (χ1n) is 12.2. The predicted octanol–water partition coefficient (Wildman–Crippen LogP) is 2.88. The topological polar surface area (TPSA) is 122 Å². The number of phenolic OH excluding ortho intramolecular Hbond substituents is 1. The summed E-state index contributed by atoms with van der Waals surface area (Å²) in [6.45, 7) is 6.96. The molecule has 4 heterocycles. The molecule has 0 unspecified atom stereocenters. The highest BCUT2D eigenvalue weighted by atomic mass is 16.3. The molecule has 5 rings (SSSR count). The van der Waals surface area contributed by atoms with E-state index in [1.54, 1.807) is 24.5 Å². The Labute approximate surface area is 215 Å². The first-order valence-corrected chi connectivity index (χ1v) is 12.2. The summed E-state index contributed by atoms with van der Waals surface area (Å²) in [5.41, 5.74) is 8.27. The van der Waals surface area contributed by atoms with E-state index < -0.39 is 0 Å². The largest absolute Gasteiger partial charge is 0.507 e. The SMILES string of the molecule is Cc1nccn1CC#Cc1nccc(N2CCN(c3cc(-c4ccccc4O)nnc3N)CC[C@@H]2C)n1. The van der Waals surface area contributed by atoms with E-state index in [2.05, 4.69) is 48.7 Å². The molecule has 0 saturated carbocycles. The molecular weight excluding hydrogens is 466 g/mol. The van der Waals surface area contributed by atoms with Gasteiger partial charge in [0.1, 0.15) is 17.4 Å². The fourth-order valence-electron chi connectivity index (χ4n) is 4.45. The van der Waals surface area contributed by atoms with Crippen molar-refractivity contribution < 1.29 is 5.11 Å². The Bertz CT molecular complexity index is 1460. The molecule has 188 valence electrons. The molecule has 3 aromatic heterocycles. The average molecular weight is 496 g/mol. The van der Waals surface area contributed by atoms with Gasteiger partial charge in [0.05, 0.1) is 17.9 Å². The molecular formula is C27H29N9O. The Morgan fingerprint density at radius 1 is 1.08 bits per heavy atom. The molecule has 3 N–H and O–H groups in total. The molecule has 37 heavy (non-hydrogen) atoms. The maximum absolute atomic E-state index is 10.3. The molecule has 1 fully saturated rings. The van der Waals surface area contributed by atoms with Crippen molar-refractivity contribution in [2.75, 3.05) is 35.2 Å². The third-order valence-electron chi connectivity index (χ3n) is 6.59. The number of benzene rings is 1. The van der Waals surface area contributed by atoms with Crippen LogP contribution in [0.25, 0.3) is 11.3 Å². The zero-order chi connectivity index (χ0) is 25.8. The lowest BCUT2D eigenvalue weighted by molar-refractivity contribution is 0.477. The zero-order valence-electron chi connectivity index (χ0n) is 20.9. The van der Waals surface area contributed by atoms with Crippen molar-refractivity contribution in [2.45, 2.75) is 32.9 Å². The number of aromatic hydroxyl groups is 1. The molecule has 10 heteroatoms. The van der Waals surface area contributed by atoms with Crippen LogP contribution in [0.3, 0.4) is 0 Å². The summed E-state index contributed by atoms with van der Waals surface area (Å²) in [5.74, 6) is 9.01. The number of aryl methyl sites for hydroxylation is 1. The highest BCUT2D eigenvalue weighted by Gasteiger charge is 2.24. The van der Waals surface area contributed by atoms with E-state index in [1.807, 2.05) is 42.0 Å². The van der Waals surface area contributed by atoms with Crippen LogP contribution in [-0.4, -0.2) is 60.5 Å². The summed E-state index contributed by atoms with van der Waals surface area (Å²) in [7, 11) is 0. The number of nitrogen functional groups attached to an aromatic ring is 1. The van der Waals surface area contributed by atoms with E-state index >= 15 is 0 Å². The van der Waals surface area contributed by atoms with Gasteiger partial charge >= 0.3 is 0 Å². The molecule has 0 spiro atoms. The van der Waals surface area contributed by atoms with E-state index in [0.29, 0.717) is 29.4 Å². The number of hydrogen-bond acceptors (Lipinski definition) is 9. The summed E-state index contributed by atoms with van der Waals surface area (Å²) in [5, 5.41) is 18.7. The number of rotatable bonds is 4. The van der Waals surface area contributed by atoms with E-state index in [0.717, 1.165) is 43.4 Å². The normalized spacial score (nSPS) is 15.7. The van der Waals surface area contributed by atoms with Gasteiger partial charge in [0.25, 0.3) is 0 Å². The Morgan fingerprint density at radius 2 is 1.95 bits per heavy atom. The number of anilines is 3. The van der Waals surface area contributed by atoms with Gasteiger partial charge in [0.15, 0.2) is 5.82 Å². The number of nitrogens with zero attached hydrogens (tertiary/aromatic N) is 8. The molecule has 0 amide bonds. The summed E-state index contributed by atoms with van der Waals surface area (Å²) in [4.78, 5) is 17.8. The van der Waals surface area contributed by atoms with Crippen molar-refractivity contribution in [1.29, 1.82) is 0 Å². The molecule has 1 saturated heterocycles. The predicted molar refractivity (Wildman–Crippen MR) is 143 cm³/mol. The monoisotopic (exact) mass is 495 g/mol. The zero-order valence-corrected chi connectivity index (χ0v) is 20.9. The molecule has 1 atom stereocenters. The number of imidazole rings is 1. The van der Waals surface area contributed by atoms with Gasteiger partial charge < -0.3 is 25.2 Å². The number of nitrogens with two attached hydrogens (primary N) is 1. The van der Waals surface area contributed by atoms with Gasteiger partial charge in [-0.05, 0) is 50.5 Å². The lowest BCUT2D eigenvalue weighted by Gasteiger charge is -2.28. The van der Waals surface area contributed by atoms with E-state index in [4.69, 9.17) is 10.7 Å². The Kier molecular flexibility index (Phi) is 6.85. The van der Waals surface area contributed by atoms with Gasteiger partial charge in [0, 0.05) is 49.8 Å². The Balaban J connectivity index is 1.33. The van der Waals surface area contributed by atoms with Crippen molar-refractivity contribution in [3.63, 3.8) is 0 Å².